The molecule has 0 saturated heterocycles. The minimum atomic E-state index is -0.170. The summed E-state index contributed by atoms with van der Waals surface area (Å²) < 4.78 is 16.2. The Bertz CT molecular complexity index is 768. The number of amides is 1. The molecule has 0 atom stereocenters. The Morgan fingerprint density at radius 1 is 1.23 bits per heavy atom. The van der Waals surface area contributed by atoms with Gasteiger partial charge in [0.15, 0.2) is 17.3 Å². The summed E-state index contributed by atoms with van der Waals surface area (Å²) in [5, 5.41) is 6.94. The van der Waals surface area contributed by atoms with Gasteiger partial charge in [0.05, 0.1) is 5.69 Å². The fraction of sp³-hybridized carbons (Fsp3) is 0.474. The van der Waals surface area contributed by atoms with Gasteiger partial charge < -0.3 is 24.2 Å². The zero-order valence-corrected chi connectivity index (χ0v) is 15.5. The second kappa shape index (κ2) is 8.23. The van der Waals surface area contributed by atoms with Gasteiger partial charge in [-0.2, -0.15) is 0 Å². The highest BCUT2D eigenvalue weighted by Gasteiger charge is 2.23. The maximum absolute atomic E-state index is 12.7. The van der Waals surface area contributed by atoms with Crippen LogP contribution in [0.15, 0.2) is 22.7 Å². The summed E-state index contributed by atoms with van der Waals surface area (Å²) in [6.45, 7) is 9.86. The monoisotopic (exact) mass is 359 g/mol. The summed E-state index contributed by atoms with van der Waals surface area (Å²) in [7, 11) is 0. The number of nitrogens with zero attached hydrogens (tertiary/aromatic N) is 2. The van der Waals surface area contributed by atoms with Gasteiger partial charge in [-0.25, -0.2) is 0 Å². The molecule has 0 spiro atoms. The van der Waals surface area contributed by atoms with Gasteiger partial charge >= 0.3 is 0 Å². The molecular formula is C19H25N3O4. The summed E-state index contributed by atoms with van der Waals surface area (Å²) in [5.74, 6) is 1.60. The van der Waals surface area contributed by atoms with Crippen LogP contribution in [0.3, 0.4) is 0 Å². The molecule has 140 valence electrons. The van der Waals surface area contributed by atoms with Gasteiger partial charge in [-0.3, -0.25) is 4.79 Å². The summed E-state index contributed by atoms with van der Waals surface area (Å²) in [6, 6.07) is 5.45. The third-order valence-electron chi connectivity index (χ3n) is 4.56. The van der Waals surface area contributed by atoms with E-state index in [4.69, 9.17) is 14.0 Å². The SMILES string of the molecule is CCN(CC)CCCNC(=O)c1c(C)noc1-c1ccc2c(c1)OCO2. The predicted molar refractivity (Wildman–Crippen MR) is 97.5 cm³/mol. The molecule has 0 radical (unpaired) electrons. The molecule has 1 aromatic heterocycles. The standard InChI is InChI=1S/C19H25N3O4/c1-4-22(5-2)10-6-9-20-19(23)17-13(3)21-26-18(17)14-7-8-15-16(11-14)25-12-24-15/h7-8,11H,4-6,9-10,12H2,1-3H3,(H,20,23). The number of carbonyl (C=O) groups is 1. The highest BCUT2D eigenvalue weighted by Crippen LogP contribution is 2.37. The van der Waals surface area contributed by atoms with E-state index in [0.29, 0.717) is 35.1 Å². The molecule has 7 heteroatoms. The van der Waals surface area contributed by atoms with Crippen LogP contribution >= 0.6 is 0 Å². The maximum Gasteiger partial charge on any atom is 0.257 e. The van der Waals surface area contributed by atoms with Crippen LogP contribution in [0.2, 0.25) is 0 Å². The van der Waals surface area contributed by atoms with E-state index in [0.717, 1.165) is 31.6 Å². The van der Waals surface area contributed by atoms with Crippen molar-refractivity contribution in [2.24, 2.45) is 0 Å². The van der Waals surface area contributed by atoms with Gasteiger partial charge in [-0.05, 0) is 51.2 Å². The molecule has 26 heavy (non-hydrogen) atoms. The first kappa shape index (κ1) is 18.3. The normalized spacial score (nSPS) is 12.6. The van der Waals surface area contributed by atoms with Gasteiger partial charge in [-0.1, -0.05) is 19.0 Å². The smallest absolute Gasteiger partial charge is 0.257 e. The van der Waals surface area contributed by atoms with E-state index >= 15 is 0 Å². The second-order valence-corrected chi connectivity index (χ2v) is 6.18. The summed E-state index contributed by atoms with van der Waals surface area (Å²) in [6.07, 6.45) is 0.900. The van der Waals surface area contributed by atoms with E-state index in [1.165, 1.54) is 0 Å². The van der Waals surface area contributed by atoms with Crippen molar-refractivity contribution in [2.75, 3.05) is 33.0 Å². The first-order valence-electron chi connectivity index (χ1n) is 9.00. The lowest BCUT2D eigenvalue weighted by Crippen LogP contribution is -2.30. The Morgan fingerprint density at radius 3 is 2.77 bits per heavy atom. The van der Waals surface area contributed by atoms with Gasteiger partial charge in [0, 0.05) is 12.1 Å². The zero-order valence-electron chi connectivity index (χ0n) is 15.5. The number of nitrogens with one attached hydrogen (secondary N) is 1. The van der Waals surface area contributed by atoms with Crippen molar-refractivity contribution < 1.29 is 18.8 Å². The minimum absolute atomic E-state index is 0.170. The molecular weight excluding hydrogens is 334 g/mol. The zero-order chi connectivity index (χ0) is 18.5. The number of aryl methyl sites for hydroxylation is 1. The number of fused-ring (bicyclic) bond motifs is 1. The Labute approximate surface area is 153 Å². The van der Waals surface area contributed by atoms with Crippen LogP contribution in [0.25, 0.3) is 11.3 Å². The summed E-state index contributed by atoms with van der Waals surface area (Å²) in [4.78, 5) is 15.0. The number of hydrogen-bond acceptors (Lipinski definition) is 6. The topological polar surface area (TPSA) is 76.8 Å². The van der Waals surface area contributed by atoms with Crippen LogP contribution < -0.4 is 14.8 Å². The average molecular weight is 359 g/mol. The number of ether oxygens (including phenoxy) is 2. The lowest BCUT2D eigenvalue weighted by molar-refractivity contribution is 0.0951. The number of aromatic nitrogens is 1. The lowest BCUT2D eigenvalue weighted by Gasteiger charge is -2.17. The largest absolute Gasteiger partial charge is 0.454 e. The Hall–Kier alpha value is -2.54. The van der Waals surface area contributed by atoms with Crippen molar-refractivity contribution in [1.82, 2.24) is 15.4 Å². The van der Waals surface area contributed by atoms with Crippen LogP contribution in [0, 0.1) is 6.92 Å². The first-order valence-corrected chi connectivity index (χ1v) is 9.00. The Balaban J connectivity index is 1.68. The highest BCUT2D eigenvalue weighted by atomic mass is 16.7. The van der Waals surface area contributed by atoms with E-state index in [9.17, 15) is 4.79 Å². The molecule has 7 nitrogen and oxygen atoms in total. The van der Waals surface area contributed by atoms with Crippen LogP contribution in [0.4, 0.5) is 0 Å². The van der Waals surface area contributed by atoms with Crippen LogP contribution in [0.1, 0.15) is 36.3 Å². The minimum Gasteiger partial charge on any atom is -0.454 e. The molecule has 1 aliphatic heterocycles. The van der Waals surface area contributed by atoms with Crippen LogP contribution in [-0.4, -0.2) is 48.9 Å². The molecule has 2 aromatic rings. The average Bonchev–Trinajstić information content (AvgIpc) is 3.27. The molecule has 2 heterocycles. The molecule has 3 rings (SSSR count). The number of rotatable bonds is 8. The number of benzene rings is 1. The Kier molecular flexibility index (Phi) is 5.78. The molecule has 0 fully saturated rings. The molecule has 0 aliphatic carbocycles. The summed E-state index contributed by atoms with van der Waals surface area (Å²) >= 11 is 0. The lowest BCUT2D eigenvalue weighted by atomic mass is 10.1. The van der Waals surface area contributed by atoms with E-state index < -0.39 is 0 Å². The van der Waals surface area contributed by atoms with E-state index in [1.807, 2.05) is 6.07 Å². The quantitative estimate of drug-likeness (QED) is 0.731. The van der Waals surface area contributed by atoms with Gasteiger partial charge in [0.2, 0.25) is 6.79 Å². The number of hydrogen-bond donors (Lipinski definition) is 1. The molecule has 1 amide bonds. The van der Waals surface area contributed by atoms with Crippen LogP contribution in [0.5, 0.6) is 11.5 Å². The van der Waals surface area contributed by atoms with Crippen molar-refractivity contribution in [1.29, 1.82) is 0 Å². The van der Waals surface area contributed by atoms with Crippen molar-refractivity contribution in [3.8, 4) is 22.8 Å². The highest BCUT2D eigenvalue weighted by molar-refractivity contribution is 6.00. The predicted octanol–water partition coefficient (Wildman–Crippen LogP) is 2.84. The van der Waals surface area contributed by atoms with Gasteiger partial charge in [-0.15, -0.1) is 0 Å². The molecule has 1 N–H and O–H groups in total. The van der Waals surface area contributed by atoms with Crippen LogP contribution in [-0.2, 0) is 0 Å². The molecule has 1 aliphatic rings. The van der Waals surface area contributed by atoms with E-state index in [2.05, 4.69) is 29.2 Å². The Morgan fingerprint density at radius 2 is 2.00 bits per heavy atom. The van der Waals surface area contributed by atoms with Crippen molar-refractivity contribution in [3.05, 3.63) is 29.5 Å². The third kappa shape index (κ3) is 3.83. The van der Waals surface area contributed by atoms with Crippen molar-refractivity contribution in [3.63, 3.8) is 0 Å². The molecule has 0 bridgehead atoms. The fourth-order valence-electron chi connectivity index (χ4n) is 3.00. The first-order chi connectivity index (χ1) is 12.6. The van der Waals surface area contributed by atoms with Gasteiger partial charge in [0.1, 0.15) is 5.56 Å². The maximum atomic E-state index is 12.7. The van der Waals surface area contributed by atoms with E-state index in [1.54, 1.807) is 19.1 Å². The van der Waals surface area contributed by atoms with E-state index in [-0.39, 0.29) is 12.7 Å². The second-order valence-electron chi connectivity index (χ2n) is 6.18. The molecule has 0 saturated carbocycles. The van der Waals surface area contributed by atoms with Crippen molar-refractivity contribution >= 4 is 5.91 Å². The molecule has 1 aromatic carbocycles. The third-order valence-corrected chi connectivity index (χ3v) is 4.56. The van der Waals surface area contributed by atoms with Gasteiger partial charge in [0.25, 0.3) is 5.91 Å². The molecule has 0 unspecified atom stereocenters. The fourth-order valence-corrected chi connectivity index (χ4v) is 3.00. The van der Waals surface area contributed by atoms with Crippen molar-refractivity contribution in [2.45, 2.75) is 27.2 Å². The summed E-state index contributed by atoms with van der Waals surface area (Å²) in [5.41, 5.74) is 1.77. The number of carbonyl (C=O) groups excluding carboxylic acids is 1.